The Morgan fingerprint density at radius 3 is 2.56 bits per heavy atom. The largest absolute Gasteiger partial charge is 0.495 e. The lowest BCUT2D eigenvalue weighted by molar-refractivity contribution is -0.116. The fourth-order valence-electron chi connectivity index (χ4n) is 2.20. The molecule has 6 nitrogen and oxygen atoms in total. The molecule has 0 radical (unpaired) electrons. The van der Waals surface area contributed by atoms with Crippen LogP contribution in [0.25, 0.3) is 0 Å². The van der Waals surface area contributed by atoms with Gasteiger partial charge in [0.2, 0.25) is 15.9 Å². The molecule has 2 aromatic carbocycles. The van der Waals surface area contributed by atoms with Crippen LogP contribution >= 0.6 is 11.6 Å². The molecular formula is C17H19ClN2O4S. The highest BCUT2D eigenvalue weighted by atomic mass is 35.5. The number of hydrogen-bond acceptors (Lipinski definition) is 4. The van der Waals surface area contributed by atoms with Crippen LogP contribution in [0.4, 0.5) is 5.69 Å². The van der Waals surface area contributed by atoms with Crippen molar-refractivity contribution in [1.82, 2.24) is 4.31 Å². The van der Waals surface area contributed by atoms with Gasteiger partial charge in [0.05, 0.1) is 23.6 Å². The Hall–Kier alpha value is -2.09. The fourth-order valence-corrected chi connectivity index (χ4v) is 3.67. The number of hydrogen-bond donors (Lipinski definition) is 1. The molecule has 0 aliphatic carbocycles. The predicted octanol–water partition coefficient (Wildman–Crippen LogP) is 2.92. The second-order valence-corrected chi connectivity index (χ2v) is 7.93. The van der Waals surface area contributed by atoms with E-state index in [0.717, 1.165) is 9.87 Å². The summed E-state index contributed by atoms with van der Waals surface area (Å²) in [6.45, 7) is 1.58. The molecule has 0 spiro atoms. The van der Waals surface area contributed by atoms with E-state index >= 15 is 0 Å². The third-order valence-electron chi connectivity index (χ3n) is 3.50. The van der Waals surface area contributed by atoms with E-state index in [-0.39, 0.29) is 16.5 Å². The Kier molecular flexibility index (Phi) is 6.05. The van der Waals surface area contributed by atoms with Crippen LogP contribution in [0.5, 0.6) is 5.75 Å². The van der Waals surface area contributed by atoms with E-state index in [2.05, 4.69) is 5.32 Å². The van der Waals surface area contributed by atoms with Gasteiger partial charge in [-0.1, -0.05) is 23.7 Å². The first kappa shape index (κ1) is 19.2. The third-order valence-corrected chi connectivity index (χ3v) is 5.59. The van der Waals surface area contributed by atoms with Gasteiger partial charge in [-0.2, -0.15) is 4.31 Å². The van der Waals surface area contributed by atoms with Crippen LogP contribution in [-0.2, 0) is 14.8 Å². The van der Waals surface area contributed by atoms with Crippen molar-refractivity contribution in [2.45, 2.75) is 11.8 Å². The second-order valence-electron chi connectivity index (χ2n) is 5.48. The maximum Gasteiger partial charge on any atom is 0.243 e. The van der Waals surface area contributed by atoms with Crippen LogP contribution in [0.15, 0.2) is 47.4 Å². The van der Waals surface area contributed by atoms with E-state index in [1.807, 2.05) is 19.1 Å². The van der Waals surface area contributed by atoms with Crippen LogP contribution < -0.4 is 10.1 Å². The zero-order valence-corrected chi connectivity index (χ0v) is 15.7. The Bertz CT molecular complexity index is 884. The van der Waals surface area contributed by atoms with E-state index in [0.29, 0.717) is 11.4 Å². The van der Waals surface area contributed by atoms with Crippen molar-refractivity contribution >= 4 is 33.2 Å². The highest BCUT2D eigenvalue weighted by Gasteiger charge is 2.24. The molecule has 0 saturated heterocycles. The van der Waals surface area contributed by atoms with Crippen LogP contribution in [-0.4, -0.2) is 39.3 Å². The number of carbonyl (C=O) groups excluding carboxylic acids is 1. The number of nitrogens with one attached hydrogen (secondary N) is 1. The molecule has 25 heavy (non-hydrogen) atoms. The molecule has 0 saturated carbocycles. The Morgan fingerprint density at radius 2 is 1.96 bits per heavy atom. The Balaban J connectivity index is 2.11. The van der Waals surface area contributed by atoms with E-state index in [1.54, 1.807) is 12.1 Å². The average Bonchev–Trinajstić information content (AvgIpc) is 2.54. The van der Waals surface area contributed by atoms with Crippen molar-refractivity contribution in [1.29, 1.82) is 0 Å². The first-order chi connectivity index (χ1) is 11.7. The van der Waals surface area contributed by atoms with Crippen molar-refractivity contribution in [3.63, 3.8) is 0 Å². The third kappa shape index (κ3) is 4.72. The number of ether oxygens (including phenoxy) is 1. The van der Waals surface area contributed by atoms with Crippen molar-refractivity contribution in [3.8, 4) is 5.75 Å². The van der Waals surface area contributed by atoms with Gasteiger partial charge >= 0.3 is 0 Å². The van der Waals surface area contributed by atoms with Crippen molar-refractivity contribution < 1.29 is 17.9 Å². The minimum Gasteiger partial charge on any atom is -0.495 e. The number of methoxy groups -OCH3 is 1. The smallest absolute Gasteiger partial charge is 0.243 e. The fraction of sp³-hybridized carbons (Fsp3) is 0.235. The lowest BCUT2D eigenvalue weighted by Crippen LogP contribution is -2.35. The lowest BCUT2D eigenvalue weighted by atomic mass is 10.2. The van der Waals surface area contributed by atoms with Gasteiger partial charge in [-0.3, -0.25) is 4.79 Å². The molecule has 0 fully saturated rings. The number of carbonyl (C=O) groups is 1. The SMILES string of the molecule is COc1ccc(S(=O)(=O)N(C)CC(=O)Nc2cccc(C)c2)cc1Cl. The molecule has 134 valence electrons. The van der Waals surface area contributed by atoms with Crippen LogP contribution in [0.1, 0.15) is 5.56 Å². The average molecular weight is 383 g/mol. The number of amides is 1. The second kappa shape index (κ2) is 7.86. The standard InChI is InChI=1S/C17H19ClN2O4S/c1-12-5-4-6-13(9-12)19-17(21)11-20(2)25(22,23)14-7-8-16(24-3)15(18)10-14/h4-10H,11H2,1-3H3,(H,19,21). The van der Waals surface area contributed by atoms with Gasteiger partial charge in [0.25, 0.3) is 0 Å². The topological polar surface area (TPSA) is 75.7 Å². The summed E-state index contributed by atoms with van der Waals surface area (Å²) in [5, 5.41) is 2.86. The quantitative estimate of drug-likeness (QED) is 0.833. The number of nitrogens with zero attached hydrogens (tertiary/aromatic N) is 1. The zero-order chi connectivity index (χ0) is 18.6. The molecule has 2 rings (SSSR count). The van der Waals surface area contributed by atoms with Gasteiger partial charge in [0.1, 0.15) is 5.75 Å². The summed E-state index contributed by atoms with van der Waals surface area (Å²) in [7, 11) is -1.07. The van der Waals surface area contributed by atoms with Gasteiger partial charge < -0.3 is 10.1 Å². The molecule has 2 aromatic rings. The van der Waals surface area contributed by atoms with Crippen LogP contribution in [0, 0.1) is 6.92 Å². The molecule has 1 N–H and O–H groups in total. The number of aryl methyl sites for hydroxylation is 1. The molecule has 0 aromatic heterocycles. The van der Waals surface area contributed by atoms with Gasteiger partial charge in [-0.05, 0) is 42.8 Å². The Morgan fingerprint density at radius 1 is 1.24 bits per heavy atom. The molecule has 0 atom stereocenters. The van der Waals surface area contributed by atoms with E-state index in [9.17, 15) is 13.2 Å². The molecule has 0 heterocycles. The number of sulfonamides is 1. The number of benzene rings is 2. The summed E-state index contributed by atoms with van der Waals surface area (Å²) in [6, 6.07) is 11.4. The number of likely N-dealkylation sites (N-methyl/N-ethyl adjacent to an activating group) is 1. The molecule has 0 unspecified atom stereocenters. The molecule has 8 heteroatoms. The minimum atomic E-state index is -3.85. The number of rotatable bonds is 6. The summed E-state index contributed by atoms with van der Waals surface area (Å²) in [4.78, 5) is 12.1. The first-order valence-corrected chi connectivity index (χ1v) is 9.22. The van der Waals surface area contributed by atoms with Gasteiger partial charge in [0.15, 0.2) is 0 Å². The normalized spacial score (nSPS) is 11.4. The Labute approximate surface area is 152 Å². The summed E-state index contributed by atoms with van der Waals surface area (Å²) in [6.07, 6.45) is 0. The molecule has 0 aliphatic heterocycles. The van der Waals surface area contributed by atoms with Gasteiger partial charge in [-0.15, -0.1) is 0 Å². The number of anilines is 1. The maximum absolute atomic E-state index is 12.6. The summed E-state index contributed by atoms with van der Waals surface area (Å²) in [5.41, 5.74) is 1.61. The monoisotopic (exact) mass is 382 g/mol. The highest BCUT2D eigenvalue weighted by Crippen LogP contribution is 2.28. The predicted molar refractivity (Wildman–Crippen MR) is 97.6 cm³/mol. The summed E-state index contributed by atoms with van der Waals surface area (Å²) < 4.78 is 31.1. The van der Waals surface area contributed by atoms with Crippen molar-refractivity contribution in [2.75, 3.05) is 26.0 Å². The summed E-state index contributed by atoms with van der Waals surface area (Å²) >= 11 is 5.98. The molecule has 1 amide bonds. The minimum absolute atomic E-state index is 0.0100. The van der Waals surface area contributed by atoms with Crippen molar-refractivity contribution in [3.05, 3.63) is 53.1 Å². The van der Waals surface area contributed by atoms with Crippen LogP contribution in [0.2, 0.25) is 5.02 Å². The maximum atomic E-state index is 12.6. The highest BCUT2D eigenvalue weighted by molar-refractivity contribution is 7.89. The van der Waals surface area contributed by atoms with E-state index < -0.39 is 15.9 Å². The molecule has 0 aliphatic rings. The van der Waals surface area contributed by atoms with Gasteiger partial charge in [0, 0.05) is 12.7 Å². The van der Waals surface area contributed by atoms with Gasteiger partial charge in [-0.25, -0.2) is 8.42 Å². The zero-order valence-electron chi connectivity index (χ0n) is 14.1. The van der Waals surface area contributed by atoms with Crippen LogP contribution in [0.3, 0.4) is 0 Å². The molecule has 0 bridgehead atoms. The number of halogens is 1. The first-order valence-electron chi connectivity index (χ1n) is 7.40. The summed E-state index contributed by atoms with van der Waals surface area (Å²) in [5.74, 6) is -0.0586. The van der Waals surface area contributed by atoms with E-state index in [1.165, 1.54) is 32.4 Å². The van der Waals surface area contributed by atoms with E-state index in [4.69, 9.17) is 16.3 Å². The lowest BCUT2D eigenvalue weighted by Gasteiger charge is -2.17. The molecular weight excluding hydrogens is 364 g/mol. The van der Waals surface area contributed by atoms with Crippen molar-refractivity contribution in [2.24, 2.45) is 0 Å².